The van der Waals surface area contributed by atoms with Gasteiger partial charge in [-0.1, -0.05) is 17.7 Å². The van der Waals surface area contributed by atoms with Crippen LogP contribution >= 0.6 is 11.6 Å². The number of carbonyl (C=O) groups excluding carboxylic acids is 2. The van der Waals surface area contributed by atoms with Crippen LogP contribution in [0.4, 0.5) is 10.1 Å². The third-order valence-corrected chi connectivity index (χ3v) is 6.51. The average molecular weight is 485 g/mol. The molecule has 34 heavy (non-hydrogen) atoms. The van der Waals surface area contributed by atoms with Gasteiger partial charge in [0.25, 0.3) is 0 Å². The SMILES string of the molecule is CC(=O)c1cnc2ccc(-c3cc(F)c(O)c(Cl)c3)cc2c1N1CCN(C(C=O)N(C)C)CC1. The van der Waals surface area contributed by atoms with E-state index < -0.39 is 11.6 Å². The van der Waals surface area contributed by atoms with Crippen molar-refractivity contribution in [1.82, 2.24) is 14.8 Å². The second-order valence-corrected chi connectivity index (χ2v) is 9.04. The fourth-order valence-electron chi connectivity index (χ4n) is 4.43. The maximum absolute atomic E-state index is 14.1. The number of hydrogen-bond donors (Lipinski definition) is 1. The number of carbonyl (C=O) groups is 2. The number of likely N-dealkylation sites (N-methyl/N-ethyl adjacent to an activating group) is 1. The van der Waals surface area contributed by atoms with E-state index in [9.17, 15) is 19.1 Å². The van der Waals surface area contributed by atoms with Crippen LogP contribution in [0.3, 0.4) is 0 Å². The molecule has 0 bridgehead atoms. The van der Waals surface area contributed by atoms with Gasteiger partial charge in [0.15, 0.2) is 23.6 Å². The number of Topliss-reactive ketones (excluding diaryl/α,β-unsaturated/α-hetero) is 1. The molecule has 0 saturated carbocycles. The molecule has 1 saturated heterocycles. The molecule has 9 heteroatoms. The van der Waals surface area contributed by atoms with Crippen LogP contribution in [-0.2, 0) is 4.79 Å². The summed E-state index contributed by atoms with van der Waals surface area (Å²) in [6.45, 7) is 4.07. The van der Waals surface area contributed by atoms with Crippen LogP contribution in [0.5, 0.6) is 5.75 Å². The summed E-state index contributed by atoms with van der Waals surface area (Å²) in [4.78, 5) is 34.7. The zero-order chi connectivity index (χ0) is 24.6. The highest BCUT2D eigenvalue weighted by atomic mass is 35.5. The number of aromatic nitrogens is 1. The van der Waals surface area contributed by atoms with Gasteiger partial charge in [0, 0.05) is 37.8 Å². The zero-order valence-electron chi connectivity index (χ0n) is 19.3. The van der Waals surface area contributed by atoms with Crippen molar-refractivity contribution in [2.75, 3.05) is 45.2 Å². The minimum absolute atomic E-state index is 0.0762. The molecule has 3 aromatic rings. The predicted octanol–water partition coefficient (Wildman–Crippen LogP) is 3.81. The molecule has 7 nitrogen and oxygen atoms in total. The van der Waals surface area contributed by atoms with Crippen LogP contribution in [0, 0.1) is 5.82 Å². The standard InChI is InChI=1S/C25H26ClFN4O3/c1-15(33)19-13-28-22-5-4-16(17-11-20(26)25(34)21(27)12-17)10-18(22)24(19)31-8-6-30(7-9-31)23(14-32)29(2)3/h4-5,10-14,23,34H,6-9H2,1-3H3. The van der Waals surface area contributed by atoms with Crippen molar-refractivity contribution in [3.05, 3.63) is 52.9 Å². The normalized spacial score (nSPS) is 15.6. The van der Waals surface area contributed by atoms with Crippen molar-refractivity contribution in [3.63, 3.8) is 0 Å². The fourth-order valence-corrected chi connectivity index (χ4v) is 4.64. The number of phenolic OH excluding ortho intramolecular Hbond substituents is 1. The number of piperazine rings is 1. The molecule has 0 aliphatic carbocycles. The highest BCUT2D eigenvalue weighted by Crippen LogP contribution is 2.37. The van der Waals surface area contributed by atoms with E-state index in [1.165, 1.54) is 19.1 Å². The summed E-state index contributed by atoms with van der Waals surface area (Å²) in [7, 11) is 3.74. The van der Waals surface area contributed by atoms with Gasteiger partial charge < -0.3 is 14.8 Å². The van der Waals surface area contributed by atoms with Crippen LogP contribution in [0.1, 0.15) is 17.3 Å². The number of halogens is 2. The summed E-state index contributed by atoms with van der Waals surface area (Å²) >= 11 is 5.99. The molecule has 4 rings (SSSR count). The Kier molecular flexibility index (Phi) is 6.84. The number of rotatable bonds is 6. The summed E-state index contributed by atoms with van der Waals surface area (Å²) in [5.74, 6) is -1.49. The Morgan fingerprint density at radius 3 is 2.47 bits per heavy atom. The Morgan fingerprint density at radius 2 is 1.88 bits per heavy atom. The van der Waals surface area contributed by atoms with E-state index in [-0.39, 0.29) is 17.0 Å². The molecule has 0 radical (unpaired) electrons. The van der Waals surface area contributed by atoms with Crippen molar-refractivity contribution in [2.24, 2.45) is 0 Å². The smallest absolute Gasteiger partial charge is 0.170 e. The first-order valence-electron chi connectivity index (χ1n) is 10.9. The molecule has 1 aliphatic heterocycles. The summed E-state index contributed by atoms with van der Waals surface area (Å²) in [5, 5.41) is 10.4. The zero-order valence-corrected chi connectivity index (χ0v) is 20.0. The third-order valence-electron chi connectivity index (χ3n) is 6.22. The lowest BCUT2D eigenvalue weighted by Gasteiger charge is -2.41. The maximum Gasteiger partial charge on any atom is 0.170 e. The minimum Gasteiger partial charge on any atom is -0.504 e. The first-order chi connectivity index (χ1) is 16.2. The van der Waals surface area contributed by atoms with Crippen LogP contribution in [0.2, 0.25) is 5.02 Å². The Balaban J connectivity index is 1.78. The summed E-state index contributed by atoms with van der Waals surface area (Å²) < 4.78 is 14.1. The number of phenols is 1. The first kappa shape index (κ1) is 24.1. The number of pyridine rings is 1. The van der Waals surface area contributed by atoms with Gasteiger partial charge in [0.1, 0.15) is 6.17 Å². The van der Waals surface area contributed by atoms with E-state index in [2.05, 4.69) is 14.8 Å². The number of hydrogen-bond acceptors (Lipinski definition) is 7. The van der Waals surface area contributed by atoms with Crippen LogP contribution < -0.4 is 4.90 Å². The molecule has 1 unspecified atom stereocenters. The highest BCUT2D eigenvalue weighted by molar-refractivity contribution is 6.32. The highest BCUT2D eigenvalue weighted by Gasteiger charge is 2.27. The number of aldehydes is 1. The quantitative estimate of drug-likeness (QED) is 0.421. The fraction of sp³-hybridized carbons (Fsp3) is 0.320. The van der Waals surface area contributed by atoms with E-state index in [0.717, 1.165) is 17.4 Å². The Hall–Kier alpha value is -3.07. The van der Waals surface area contributed by atoms with Crippen LogP contribution in [0.25, 0.3) is 22.0 Å². The van der Waals surface area contributed by atoms with Crippen LogP contribution in [-0.4, -0.2) is 78.4 Å². The number of fused-ring (bicyclic) bond motifs is 1. The molecule has 2 heterocycles. The molecule has 2 aromatic carbocycles. The van der Waals surface area contributed by atoms with E-state index >= 15 is 0 Å². The van der Waals surface area contributed by atoms with Gasteiger partial charge in [0.05, 0.1) is 21.8 Å². The lowest BCUT2D eigenvalue weighted by molar-refractivity contribution is -0.117. The van der Waals surface area contributed by atoms with Gasteiger partial charge >= 0.3 is 0 Å². The summed E-state index contributed by atoms with van der Waals surface area (Å²) in [5.41, 5.74) is 3.18. The van der Waals surface area contributed by atoms with E-state index in [1.807, 2.05) is 31.1 Å². The van der Waals surface area contributed by atoms with E-state index in [1.54, 1.807) is 12.3 Å². The molecular weight excluding hydrogens is 459 g/mol. The van der Waals surface area contributed by atoms with Gasteiger partial charge in [-0.15, -0.1) is 0 Å². The Bertz CT molecular complexity index is 1240. The van der Waals surface area contributed by atoms with Crippen LogP contribution in [0.15, 0.2) is 36.5 Å². The molecule has 0 spiro atoms. The van der Waals surface area contributed by atoms with Crippen molar-refractivity contribution in [3.8, 4) is 16.9 Å². The number of ketones is 1. The molecule has 1 N–H and O–H groups in total. The minimum atomic E-state index is -0.805. The van der Waals surface area contributed by atoms with E-state index in [4.69, 9.17) is 11.6 Å². The largest absolute Gasteiger partial charge is 0.504 e. The first-order valence-corrected chi connectivity index (χ1v) is 11.3. The maximum atomic E-state index is 14.1. The Labute approximate surface area is 202 Å². The lowest BCUT2D eigenvalue weighted by Crippen LogP contribution is -2.55. The lowest BCUT2D eigenvalue weighted by atomic mass is 9.99. The second-order valence-electron chi connectivity index (χ2n) is 8.63. The Morgan fingerprint density at radius 1 is 1.18 bits per heavy atom. The topological polar surface area (TPSA) is 77.0 Å². The van der Waals surface area contributed by atoms with Gasteiger partial charge in [0.2, 0.25) is 0 Å². The summed E-state index contributed by atoms with van der Waals surface area (Å²) in [6, 6.07) is 8.22. The van der Waals surface area contributed by atoms with Gasteiger partial charge in [-0.3, -0.25) is 19.6 Å². The number of anilines is 1. The van der Waals surface area contributed by atoms with Crippen molar-refractivity contribution >= 4 is 40.3 Å². The van der Waals surface area contributed by atoms with Crippen molar-refractivity contribution in [1.29, 1.82) is 0 Å². The van der Waals surface area contributed by atoms with Gasteiger partial charge in [-0.2, -0.15) is 0 Å². The van der Waals surface area contributed by atoms with Gasteiger partial charge in [-0.05, 0) is 56.4 Å². The molecular formula is C25H26ClFN4O3. The van der Waals surface area contributed by atoms with E-state index in [0.29, 0.717) is 48.4 Å². The third kappa shape index (κ3) is 4.49. The monoisotopic (exact) mass is 484 g/mol. The molecule has 1 aromatic heterocycles. The molecule has 0 amide bonds. The number of benzene rings is 2. The average Bonchev–Trinajstić information content (AvgIpc) is 2.81. The van der Waals surface area contributed by atoms with Crippen molar-refractivity contribution < 1.29 is 19.1 Å². The predicted molar refractivity (Wildman–Crippen MR) is 131 cm³/mol. The molecule has 1 aliphatic rings. The number of nitrogens with zero attached hydrogens (tertiary/aromatic N) is 4. The molecule has 1 fully saturated rings. The summed E-state index contributed by atoms with van der Waals surface area (Å²) in [6.07, 6.45) is 2.23. The van der Waals surface area contributed by atoms with Gasteiger partial charge in [-0.25, -0.2) is 4.39 Å². The van der Waals surface area contributed by atoms with Crippen molar-refractivity contribution in [2.45, 2.75) is 13.1 Å². The molecule has 178 valence electrons. The second kappa shape index (κ2) is 9.66. The molecule has 1 atom stereocenters. The number of aromatic hydroxyl groups is 1.